The van der Waals surface area contributed by atoms with Gasteiger partial charge in [0.1, 0.15) is 0 Å². The van der Waals surface area contributed by atoms with E-state index in [1.165, 1.54) is 88.7 Å². The van der Waals surface area contributed by atoms with Crippen LogP contribution in [0.15, 0.2) is 127 Å². The molecule has 0 unspecified atom stereocenters. The zero-order valence-electron chi connectivity index (χ0n) is 38.0. The van der Waals surface area contributed by atoms with Crippen molar-refractivity contribution in [3.8, 4) is 28.3 Å². The minimum absolute atomic E-state index is 0.0399. The average Bonchev–Trinajstić information content (AvgIpc) is 3.55. The number of nitrogens with zero attached hydrogens (tertiary/aromatic N) is 3. The number of hydrogen-bond donors (Lipinski definition) is 0. The number of anilines is 5. The first-order valence-electron chi connectivity index (χ1n) is 22.5. The molecule has 0 aliphatic carbocycles. The van der Waals surface area contributed by atoms with E-state index in [1.54, 1.807) is 0 Å². The van der Waals surface area contributed by atoms with Crippen LogP contribution in [-0.2, 0) is 21.7 Å². The second-order valence-corrected chi connectivity index (χ2v) is 22.0. The number of ether oxygens (including phenoxy) is 1. The molecule has 7 heterocycles. The van der Waals surface area contributed by atoms with Gasteiger partial charge in [-0.2, -0.15) is 0 Å². The third-order valence-electron chi connectivity index (χ3n) is 14.6. The van der Waals surface area contributed by atoms with E-state index in [4.69, 9.17) is 4.74 Å². The number of rotatable bonds is 1. The summed E-state index contributed by atoms with van der Waals surface area (Å²) in [6.07, 6.45) is 0. The maximum Gasteiger partial charge on any atom is 0.333 e. The highest BCUT2D eigenvalue weighted by atomic mass is 16.5. The Morgan fingerprint density at radius 2 is 1.15 bits per heavy atom. The molecule has 6 aliphatic rings. The van der Waals surface area contributed by atoms with Gasteiger partial charge in [0.2, 0.25) is 0 Å². The minimum atomic E-state index is -0.276. The number of hydrogen-bond acceptors (Lipinski definition) is 3. The van der Waals surface area contributed by atoms with Gasteiger partial charge in [-0.05, 0) is 127 Å². The van der Waals surface area contributed by atoms with Gasteiger partial charge in [0.05, 0.1) is 22.4 Å². The summed E-state index contributed by atoms with van der Waals surface area (Å²) in [6.45, 7) is 25.6. The largest absolute Gasteiger partial charge is 0.453 e. The van der Waals surface area contributed by atoms with Gasteiger partial charge in [-0.15, -0.1) is 0 Å². The monoisotopic (exact) mass is 807 g/mol. The topological polar surface area (TPSA) is 20.6 Å². The molecule has 0 atom stereocenters. The molecule has 62 heavy (non-hydrogen) atoms. The van der Waals surface area contributed by atoms with Crippen LogP contribution in [0.3, 0.4) is 0 Å². The van der Waals surface area contributed by atoms with Crippen LogP contribution in [-0.4, -0.2) is 11.4 Å². The Hall–Kier alpha value is -6.20. The van der Waals surface area contributed by atoms with Crippen LogP contribution in [0.2, 0.25) is 0 Å². The molecule has 6 aliphatic heterocycles. The number of para-hydroxylation sites is 1. The summed E-state index contributed by atoms with van der Waals surface area (Å²) in [6, 6.07) is 49.5. The van der Waals surface area contributed by atoms with Crippen LogP contribution >= 0.6 is 0 Å². The lowest BCUT2D eigenvalue weighted by molar-refractivity contribution is 0.475. The van der Waals surface area contributed by atoms with E-state index in [0.717, 1.165) is 28.6 Å². The maximum atomic E-state index is 7.30. The zero-order chi connectivity index (χ0) is 43.0. The Morgan fingerprint density at radius 1 is 0.500 bits per heavy atom. The molecule has 8 bridgehead atoms. The van der Waals surface area contributed by atoms with Crippen LogP contribution < -0.4 is 25.4 Å². The van der Waals surface area contributed by atoms with Gasteiger partial charge >= 0.3 is 6.85 Å². The summed E-state index contributed by atoms with van der Waals surface area (Å²) in [5, 5.41) is 2.41. The first-order chi connectivity index (χ1) is 29.4. The van der Waals surface area contributed by atoms with Gasteiger partial charge < -0.3 is 19.0 Å². The third kappa shape index (κ3) is 5.08. The number of fused-ring (bicyclic) bond motifs is 5. The van der Waals surface area contributed by atoms with E-state index in [-0.39, 0.29) is 28.5 Å². The summed E-state index contributed by atoms with van der Waals surface area (Å²) in [5.41, 5.74) is 20.6. The number of aromatic nitrogens is 1. The van der Waals surface area contributed by atoms with Crippen LogP contribution in [0.1, 0.15) is 104 Å². The molecule has 0 radical (unpaired) electrons. The lowest BCUT2D eigenvalue weighted by Gasteiger charge is -2.48. The fourth-order valence-electron chi connectivity index (χ4n) is 10.9. The summed E-state index contributed by atoms with van der Waals surface area (Å²) >= 11 is 0. The Balaban J connectivity index is 1.27. The van der Waals surface area contributed by atoms with Gasteiger partial charge in [0.15, 0.2) is 11.5 Å². The second-order valence-electron chi connectivity index (χ2n) is 22.0. The van der Waals surface area contributed by atoms with Crippen LogP contribution in [0.4, 0.5) is 28.4 Å². The van der Waals surface area contributed by atoms with Gasteiger partial charge in [0.25, 0.3) is 0 Å². The van der Waals surface area contributed by atoms with E-state index < -0.39 is 0 Å². The Labute approximate surface area is 366 Å². The van der Waals surface area contributed by atoms with Gasteiger partial charge in [-0.3, -0.25) is 0 Å². The van der Waals surface area contributed by atoms with Crippen molar-refractivity contribution in [1.82, 2.24) is 4.57 Å². The minimum Gasteiger partial charge on any atom is -0.453 e. The van der Waals surface area contributed by atoms with Crippen molar-refractivity contribution >= 4 is 68.0 Å². The molecule has 5 heteroatoms. The molecule has 0 fully saturated rings. The molecule has 0 spiro atoms. The van der Waals surface area contributed by atoms with Crippen molar-refractivity contribution in [2.75, 3.05) is 9.71 Å². The maximum absolute atomic E-state index is 7.30. The first kappa shape index (κ1) is 37.6. The fraction of sp³-hybridized carbons (Fsp3) is 0.263. The predicted octanol–water partition coefficient (Wildman–Crippen LogP) is 14.1. The van der Waals surface area contributed by atoms with E-state index in [9.17, 15) is 0 Å². The van der Waals surface area contributed by atoms with E-state index in [2.05, 4.69) is 218 Å². The molecule has 4 nitrogen and oxygen atoms in total. The van der Waals surface area contributed by atoms with Crippen molar-refractivity contribution in [2.45, 2.75) is 97.8 Å². The molecule has 7 aromatic carbocycles. The summed E-state index contributed by atoms with van der Waals surface area (Å²) in [7, 11) is 0. The van der Waals surface area contributed by atoms with Gasteiger partial charge in [-0.25, -0.2) is 0 Å². The van der Waals surface area contributed by atoms with Crippen LogP contribution in [0, 0.1) is 0 Å². The molecule has 8 aromatic rings. The lowest BCUT2D eigenvalue weighted by atomic mass is 9.43. The van der Waals surface area contributed by atoms with E-state index in [1.807, 2.05) is 0 Å². The van der Waals surface area contributed by atoms with E-state index >= 15 is 0 Å². The highest BCUT2D eigenvalue weighted by Gasteiger charge is 2.49. The molecule has 0 saturated heterocycles. The highest BCUT2D eigenvalue weighted by Crippen LogP contribution is 2.58. The quantitative estimate of drug-likeness (QED) is 0.154. The van der Waals surface area contributed by atoms with Crippen molar-refractivity contribution in [3.63, 3.8) is 0 Å². The summed E-state index contributed by atoms with van der Waals surface area (Å²) in [5.74, 6) is 1.81. The molecule has 0 saturated carbocycles. The molecular weight excluding hydrogens is 753 g/mol. The SMILES string of the molecule is CC(C)(C)c1ccc(N2c3cc4ccc3B3c5c(cc(C(C)(C)C)cc52)-c2cc(C(C)(C)C)cc5c2N3c2cc3c(cc2O5)c2ccccc2n3-c2ccc(cc2)C4(C)C)cc1. The second kappa shape index (κ2) is 12.0. The van der Waals surface area contributed by atoms with Gasteiger partial charge in [0, 0.05) is 44.5 Å². The molecule has 1 aromatic heterocycles. The van der Waals surface area contributed by atoms with Crippen molar-refractivity contribution in [1.29, 1.82) is 0 Å². The summed E-state index contributed by atoms with van der Waals surface area (Å²) < 4.78 is 9.75. The van der Waals surface area contributed by atoms with Crippen molar-refractivity contribution < 1.29 is 4.74 Å². The highest BCUT2D eigenvalue weighted by molar-refractivity contribution is 6.93. The molecular formula is C57H54BN3O. The fourth-order valence-corrected chi connectivity index (χ4v) is 10.9. The zero-order valence-corrected chi connectivity index (χ0v) is 38.0. The Bertz CT molecular complexity index is 3240. The number of benzene rings is 7. The van der Waals surface area contributed by atoms with Crippen molar-refractivity contribution in [2.24, 2.45) is 0 Å². The lowest BCUT2D eigenvalue weighted by Crippen LogP contribution is -2.62. The molecule has 14 rings (SSSR count). The molecule has 0 N–H and O–H groups in total. The molecule has 0 amide bonds. The van der Waals surface area contributed by atoms with Crippen LogP contribution in [0.25, 0.3) is 38.6 Å². The Morgan fingerprint density at radius 3 is 1.85 bits per heavy atom. The Kier molecular flexibility index (Phi) is 7.29. The standard InChI is InChI=1S/C57H54BN3O/c1-54(2,3)33-16-21-39(22-17-33)60-47-28-35-20-25-44(47)58-52-42(26-36(29-49(52)60)55(4,5)6)43-27-37(56(7,8)9)30-51-53(43)61(58)48-32-46-41(31-50(48)62-51)40-14-12-13-15-45(40)59(46)38-23-18-34(19-24-38)57(35,10)11/h12-32H,1-11H3. The predicted molar refractivity (Wildman–Crippen MR) is 263 cm³/mol. The smallest absolute Gasteiger partial charge is 0.333 e. The third-order valence-corrected chi connectivity index (χ3v) is 14.6. The average molecular weight is 808 g/mol. The van der Waals surface area contributed by atoms with E-state index in [0.29, 0.717) is 0 Å². The first-order valence-corrected chi connectivity index (χ1v) is 22.5. The molecule has 306 valence electrons. The van der Waals surface area contributed by atoms with Gasteiger partial charge in [-0.1, -0.05) is 137 Å². The summed E-state index contributed by atoms with van der Waals surface area (Å²) in [4.78, 5) is 5.25. The van der Waals surface area contributed by atoms with Crippen LogP contribution in [0.5, 0.6) is 11.5 Å². The van der Waals surface area contributed by atoms with Crippen molar-refractivity contribution in [3.05, 3.63) is 155 Å². The normalized spacial score (nSPS) is 15.5.